The van der Waals surface area contributed by atoms with Crippen LogP contribution in [0.3, 0.4) is 0 Å². The average molecular weight is 401 g/mol. The second-order valence-electron chi connectivity index (χ2n) is 6.90. The SMILES string of the molecule is CCNC(=NCc1cccc(C(=O)NC(C)CC)c1)N(C)CCc1cccs1. The summed E-state index contributed by atoms with van der Waals surface area (Å²) in [6.07, 6.45) is 1.92. The van der Waals surface area contributed by atoms with Crippen LogP contribution in [-0.4, -0.2) is 42.9 Å². The van der Waals surface area contributed by atoms with Crippen LogP contribution in [-0.2, 0) is 13.0 Å². The highest BCUT2D eigenvalue weighted by Gasteiger charge is 2.10. The van der Waals surface area contributed by atoms with E-state index in [9.17, 15) is 4.79 Å². The molecule has 1 unspecified atom stereocenters. The van der Waals surface area contributed by atoms with Gasteiger partial charge in [0.05, 0.1) is 6.54 Å². The zero-order valence-corrected chi connectivity index (χ0v) is 18.2. The highest BCUT2D eigenvalue weighted by Crippen LogP contribution is 2.10. The number of rotatable bonds is 9. The summed E-state index contributed by atoms with van der Waals surface area (Å²) in [5.74, 6) is 0.855. The number of carbonyl (C=O) groups excluding carboxylic acids is 1. The third kappa shape index (κ3) is 7.00. The molecule has 2 aromatic rings. The molecule has 5 nitrogen and oxygen atoms in total. The number of hydrogen-bond donors (Lipinski definition) is 2. The van der Waals surface area contributed by atoms with E-state index in [2.05, 4.69) is 53.9 Å². The van der Waals surface area contributed by atoms with Gasteiger partial charge in [-0.25, -0.2) is 4.99 Å². The minimum atomic E-state index is -0.0276. The van der Waals surface area contributed by atoms with Gasteiger partial charge in [0.15, 0.2) is 5.96 Å². The molecule has 0 spiro atoms. The average Bonchev–Trinajstić information content (AvgIpc) is 3.23. The van der Waals surface area contributed by atoms with E-state index >= 15 is 0 Å². The lowest BCUT2D eigenvalue weighted by molar-refractivity contribution is 0.0939. The van der Waals surface area contributed by atoms with E-state index in [1.54, 1.807) is 11.3 Å². The highest BCUT2D eigenvalue weighted by atomic mass is 32.1. The first-order chi connectivity index (χ1) is 13.5. The van der Waals surface area contributed by atoms with Crippen LogP contribution in [0.15, 0.2) is 46.8 Å². The maximum absolute atomic E-state index is 12.3. The van der Waals surface area contributed by atoms with Gasteiger partial charge in [0, 0.05) is 36.6 Å². The Labute approximate surface area is 172 Å². The van der Waals surface area contributed by atoms with Crippen LogP contribution in [0, 0.1) is 0 Å². The fraction of sp³-hybridized carbons (Fsp3) is 0.455. The van der Waals surface area contributed by atoms with Crippen LogP contribution in [0.2, 0.25) is 0 Å². The summed E-state index contributed by atoms with van der Waals surface area (Å²) in [6, 6.07) is 12.1. The van der Waals surface area contributed by atoms with Gasteiger partial charge in [-0.05, 0) is 55.8 Å². The van der Waals surface area contributed by atoms with E-state index in [0.717, 1.165) is 37.5 Å². The standard InChI is InChI=1S/C22H32N4OS/c1-5-17(3)25-21(27)19-10-7-9-18(15-19)16-24-22(23-6-2)26(4)13-12-20-11-8-14-28-20/h7-11,14-15,17H,5-6,12-13,16H2,1-4H3,(H,23,24)(H,25,27). The summed E-state index contributed by atoms with van der Waals surface area (Å²) in [5, 5.41) is 8.48. The van der Waals surface area contributed by atoms with Crippen LogP contribution >= 0.6 is 11.3 Å². The second kappa shape index (κ2) is 11.5. The molecule has 1 aromatic carbocycles. The highest BCUT2D eigenvalue weighted by molar-refractivity contribution is 7.09. The summed E-state index contributed by atoms with van der Waals surface area (Å²) in [4.78, 5) is 20.6. The molecule has 2 N–H and O–H groups in total. The van der Waals surface area contributed by atoms with Gasteiger partial charge >= 0.3 is 0 Å². The molecule has 0 radical (unpaired) electrons. The molecule has 0 fully saturated rings. The Hall–Kier alpha value is -2.34. The normalized spacial score (nSPS) is 12.5. The molecule has 0 bridgehead atoms. The van der Waals surface area contributed by atoms with Crippen LogP contribution in [0.25, 0.3) is 0 Å². The van der Waals surface area contributed by atoms with Gasteiger partial charge in [0.25, 0.3) is 5.91 Å². The summed E-state index contributed by atoms with van der Waals surface area (Å²) in [7, 11) is 2.06. The van der Waals surface area contributed by atoms with Crippen molar-refractivity contribution in [3.63, 3.8) is 0 Å². The molecule has 0 aliphatic rings. The summed E-state index contributed by atoms with van der Waals surface area (Å²) < 4.78 is 0. The van der Waals surface area contributed by atoms with Gasteiger partial charge in [-0.1, -0.05) is 25.1 Å². The lowest BCUT2D eigenvalue weighted by Crippen LogP contribution is -2.39. The fourth-order valence-corrected chi connectivity index (χ4v) is 3.39. The van der Waals surface area contributed by atoms with E-state index in [4.69, 9.17) is 4.99 Å². The molecule has 0 aliphatic heterocycles. The van der Waals surface area contributed by atoms with Gasteiger partial charge in [-0.3, -0.25) is 4.79 Å². The summed E-state index contributed by atoms with van der Waals surface area (Å²) in [5.41, 5.74) is 1.71. The number of benzene rings is 1. The lowest BCUT2D eigenvalue weighted by Gasteiger charge is -2.21. The lowest BCUT2D eigenvalue weighted by atomic mass is 10.1. The van der Waals surface area contributed by atoms with Gasteiger partial charge in [-0.2, -0.15) is 0 Å². The van der Waals surface area contributed by atoms with Crippen molar-refractivity contribution in [2.75, 3.05) is 20.1 Å². The third-order valence-corrected chi connectivity index (χ3v) is 5.50. The van der Waals surface area contributed by atoms with Crippen LogP contribution in [0.5, 0.6) is 0 Å². The van der Waals surface area contributed by atoms with Crippen LogP contribution in [0.4, 0.5) is 0 Å². The fourth-order valence-electron chi connectivity index (χ4n) is 2.69. The van der Waals surface area contributed by atoms with Gasteiger partial charge in [0.2, 0.25) is 0 Å². The molecule has 0 aliphatic carbocycles. The van der Waals surface area contributed by atoms with Crippen LogP contribution < -0.4 is 10.6 Å². The van der Waals surface area contributed by atoms with Gasteiger partial charge < -0.3 is 15.5 Å². The van der Waals surface area contributed by atoms with E-state index in [1.807, 2.05) is 31.2 Å². The summed E-state index contributed by atoms with van der Waals surface area (Å²) >= 11 is 1.79. The number of carbonyl (C=O) groups is 1. The van der Waals surface area contributed by atoms with Crippen molar-refractivity contribution in [3.05, 3.63) is 57.8 Å². The smallest absolute Gasteiger partial charge is 0.251 e. The zero-order chi connectivity index (χ0) is 20.4. The molecule has 28 heavy (non-hydrogen) atoms. The minimum absolute atomic E-state index is 0.0276. The molecule has 1 aromatic heterocycles. The van der Waals surface area contributed by atoms with E-state index in [1.165, 1.54) is 4.88 Å². The van der Waals surface area contributed by atoms with E-state index in [-0.39, 0.29) is 11.9 Å². The molecule has 1 amide bonds. The molecule has 152 valence electrons. The Morgan fingerprint density at radius 1 is 1.25 bits per heavy atom. The Balaban J connectivity index is 2.01. The van der Waals surface area contributed by atoms with Crippen molar-refractivity contribution < 1.29 is 4.79 Å². The quantitative estimate of drug-likeness (QED) is 0.495. The van der Waals surface area contributed by atoms with Crippen molar-refractivity contribution in [2.45, 2.75) is 46.2 Å². The van der Waals surface area contributed by atoms with Gasteiger partial charge in [0.1, 0.15) is 0 Å². The topological polar surface area (TPSA) is 56.7 Å². The largest absolute Gasteiger partial charge is 0.357 e. The first kappa shape index (κ1) is 22.0. The molecule has 0 saturated carbocycles. The molecule has 2 rings (SSSR count). The predicted molar refractivity (Wildman–Crippen MR) is 119 cm³/mol. The first-order valence-electron chi connectivity index (χ1n) is 9.95. The van der Waals surface area contributed by atoms with Gasteiger partial charge in [-0.15, -0.1) is 11.3 Å². The Bertz CT molecular complexity index is 758. The number of nitrogens with one attached hydrogen (secondary N) is 2. The maximum Gasteiger partial charge on any atom is 0.251 e. The number of guanidine groups is 1. The van der Waals surface area contributed by atoms with Crippen LogP contribution in [0.1, 0.15) is 48.0 Å². The Morgan fingerprint density at radius 3 is 2.75 bits per heavy atom. The van der Waals surface area contributed by atoms with Crippen molar-refractivity contribution in [1.29, 1.82) is 0 Å². The Kier molecular flexibility index (Phi) is 9.01. The van der Waals surface area contributed by atoms with Crippen molar-refractivity contribution >= 4 is 23.2 Å². The number of thiophene rings is 1. The maximum atomic E-state index is 12.3. The Morgan fingerprint density at radius 2 is 2.07 bits per heavy atom. The van der Waals surface area contributed by atoms with Crippen molar-refractivity contribution in [2.24, 2.45) is 4.99 Å². The number of likely N-dealkylation sites (N-methyl/N-ethyl adjacent to an activating group) is 1. The third-order valence-electron chi connectivity index (χ3n) is 4.56. The molecule has 1 heterocycles. The number of amides is 1. The second-order valence-corrected chi connectivity index (χ2v) is 7.94. The van der Waals surface area contributed by atoms with Crippen molar-refractivity contribution in [3.8, 4) is 0 Å². The monoisotopic (exact) mass is 400 g/mol. The van der Waals surface area contributed by atoms with E-state index in [0.29, 0.717) is 12.1 Å². The van der Waals surface area contributed by atoms with Crippen molar-refractivity contribution in [1.82, 2.24) is 15.5 Å². The first-order valence-corrected chi connectivity index (χ1v) is 10.8. The minimum Gasteiger partial charge on any atom is -0.357 e. The number of hydrogen-bond acceptors (Lipinski definition) is 3. The predicted octanol–water partition coefficient (Wildman–Crippen LogP) is 3.92. The summed E-state index contributed by atoms with van der Waals surface area (Å²) in [6.45, 7) is 8.41. The molecule has 1 atom stereocenters. The molecule has 6 heteroatoms. The molecule has 0 saturated heterocycles. The molecular formula is C22H32N4OS. The zero-order valence-electron chi connectivity index (χ0n) is 17.4. The number of nitrogens with zero attached hydrogens (tertiary/aromatic N) is 2. The molecular weight excluding hydrogens is 368 g/mol. The van der Waals surface area contributed by atoms with E-state index < -0.39 is 0 Å². The number of aliphatic imine (C=N–C) groups is 1.